The highest BCUT2D eigenvalue weighted by molar-refractivity contribution is 5.96. The smallest absolute Gasteiger partial charge is 0.231 e. The van der Waals surface area contributed by atoms with Crippen LogP contribution in [-0.4, -0.2) is 19.0 Å². The van der Waals surface area contributed by atoms with Crippen molar-refractivity contribution >= 4 is 11.6 Å². The Balaban J connectivity index is 2.33. The van der Waals surface area contributed by atoms with Crippen LogP contribution in [0.15, 0.2) is 24.3 Å². The van der Waals surface area contributed by atoms with Crippen LogP contribution in [0.1, 0.15) is 31.7 Å². The van der Waals surface area contributed by atoms with Gasteiger partial charge in [-0.3, -0.25) is 4.79 Å². The number of fused-ring (bicyclic) bond motifs is 1. The topological polar surface area (TPSA) is 46.3 Å². The molecule has 0 aliphatic carbocycles. The standard InChI is InChI=1S/C14H20N2O/c1-10-7-8-16(14(17)11(2)9-15)13-6-4-3-5-12(10)13/h3-6,10-11H,7-9,15H2,1-2H3. The Morgan fingerprint density at radius 2 is 2.24 bits per heavy atom. The summed E-state index contributed by atoms with van der Waals surface area (Å²) < 4.78 is 0. The van der Waals surface area contributed by atoms with E-state index < -0.39 is 0 Å². The van der Waals surface area contributed by atoms with Crippen LogP contribution in [0, 0.1) is 5.92 Å². The van der Waals surface area contributed by atoms with Crippen molar-refractivity contribution in [1.82, 2.24) is 0 Å². The predicted molar refractivity (Wildman–Crippen MR) is 70.0 cm³/mol. The van der Waals surface area contributed by atoms with E-state index in [1.165, 1.54) is 5.56 Å². The third kappa shape index (κ3) is 2.20. The van der Waals surface area contributed by atoms with Crippen LogP contribution < -0.4 is 10.6 Å². The third-order valence-corrected chi connectivity index (χ3v) is 3.59. The van der Waals surface area contributed by atoms with Gasteiger partial charge in [-0.1, -0.05) is 32.0 Å². The highest BCUT2D eigenvalue weighted by Crippen LogP contribution is 2.35. The van der Waals surface area contributed by atoms with Gasteiger partial charge in [-0.2, -0.15) is 0 Å². The number of carbonyl (C=O) groups is 1. The normalized spacial score (nSPS) is 20.9. The minimum atomic E-state index is -0.100. The minimum absolute atomic E-state index is 0.100. The van der Waals surface area contributed by atoms with Gasteiger partial charge >= 0.3 is 0 Å². The number of anilines is 1. The van der Waals surface area contributed by atoms with E-state index in [9.17, 15) is 4.79 Å². The summed E-state index contributed by atoms with van der Waals surface area (Å²) in [5.74, 6) is 0.576. The van der Waals surface area contributed by atoms with Gasteiger partial charge in [0.2, 0.25) is 5.91 Å². The SMILES string of the molecule is CC(CN)C(=O)N1CCC(C)c2ccccc21. The number of benzene rings is 1. The maximum atomic E-state index is 12.2. The summed E-state index contributed by atoms with van der Waals surface area (Å²) in [5.41, 5.74) is 7.92. The molecule has 1 heterocycles. The average molecular weight is 232 g/mol. The quantitative estimate of drug-likeness (QED) is 0.849. The first-order chi connectivity index (χ1) is 8.15. The van der Waals surface area contributed by atoms with Gasteiger partial charge in [0.15, 0.2) is 0 Å². The molecule has 0 radical (unpaired) electrons. The van der Waals surface area contributed by atoms with Crippen LogP contribution in [0.5, 0.6) is 0 Å². The van der Waals surface area contributed by atoms with E-state index in [2.05, 4.69) is 13.0 Å². The summed E-state index contributed by atoms with van der Waals surface area (Å²) in [6, 6.07) is 8.18. The van der Waals surface area contributed by atoms with Crippen molar-refractivity contribution in [3.63, 3.8) is 0 Å². The first-order valence-electron chi connectivity index (χ1n) is 6.25. The molecular formula is C14H20N2O. The lowest BCUT2D eigenvalue weighted by molar-refractivity contribution is -0.121. The number of para-hydroxylation sites is 1. The zero-order valence-corrected chi connectivity index (χ0v) is 10.5. The molecule has 3 heteroatoms. The second-order valence-corrected chi connectivity index (χ2v) is 4.88. The molecule has 3 nitrogen and oxygen atoms in total. The van der Waals surface area contributed by atoms with E-state index in [1.807, 2.05) is 30.0 Å². The fourth-order valence-corrected chi connectivity index (χ4v) is 2.34. The van der Waals surface area contributed by atoms with Gasteiger partial charge in [0, 0.05) is 24.7 Å². The molecule has 0 saturated carbocycles. The molecule has 0 saturated heterocycles. The van der Waals surface area contributed by atoms with Crippen LogP contribution in [0.4, 0.5) is 5.69 Å². The Hall–Kier alpha value is -1.35. The van der Waals surface area contributed by atoms with Crippen molar-refractivity contribution in [2.45, 2.75) is 26.2 Å². The molecule has 1 aromatic rings. The van der Waals surface area contributed by atoms with Crippen LogP contribution in [0.3, 0.4) is 0 Å². The Bertz CT molecular complexity index is 416. The number of hydrogen-bond donors (Lipinski definition) is 1. The Labute approximate surface area is 103 Å². The van der Waals surface area contributed by atoms with E-state index in [4.69, 9.17) is 5.73 Å². The lowest BCUT2D eigenvalue weighted by Gasteiger charge is -2.34. The average Bonchev–Trinajstić information content (AvgIpc) is 2.38. The Kier molecular flexibility index (Phi) is 3.48. The van der Waals surface area contributed by atoms with Crippen LogP contribution in [0.2, 0.25) is 0 Å². The Morgan fingerprint density at radius 3 is 2.94 bits per heavy atom. The molecule has 2 rings (SSSR count). The minimum Gasteiger partial charge on any atom is -0.330 e. The summed E-state index contributed by atoms with van der Waals surface area (Å²) >= 11 is 0. The van der Waals surface area contributed by atoms with Gasteiger partial charge in [-0.25, -0.2) is 0 Å². The van der Waals surface area contributed by atoms with E-state index >= 15 is 0 Å². The molecule has 2 N–H and O–H groups in total. The van der Waals surface area contributed by atoms with Gasteiger partial charge in [0.05, 0.1) is 0 Å². The van der Waals surface area contributed by atoms with Crippen molar-refractivity contribution in [2.24, 2.45) is 11.7 Å². The number of nitrogens with two attached hydrogens (primary N) is 1. The Morgan fingerprint density at radius 1 is 1.53 bits per heavy atom. The molecule has 1 amide bonds. The number of hydrogen-bond acceptors (Lipinski definition) is 2. The maximum Gasteiger partial charge on any atom is 0.231 e. The van der Waals surface area contributed by atoms with E-state index in [0.29, 0.717) is 12.5 Å². The summed E-state index contributed by atoms with van der Waals surface area (Å²) in [6.45, 7) is 5.32. The van der Waals surface area contributed by atoms with Crippen molar-refractivity contribution in [2.75, 3.05) is 18.0 Å². The molecule has 0 bridgehead atoms. The van der Waals surface area contributed by atoms with Gasteiger partial charge in [0.1, 0.15) is 0 Å². The third-order valence-electron chi connectivity index (χ3n) is 3.59. The van der Waals surface area contributed by atoms with E-state index in [-0.39, 0.29) is 11.8 Å². The summed E-state index contributed by atoms with van der Waals surface area (Å²) in [5, 5.41) is 0. The van der Waals surface area contributed by atoms with E-state index in [1.54, 1.807) is 0 Å². The molecule has 2 atom stereocenters. The lowest BCUT2D eigenvalue weighted by Crippen LogP contribution is -2.41. The molecule has 1 aliphatic rings. The second-order valence-electron chi connectivity index (χ2n) is 4.88. The monoisotopic (exact) mass is 232 g/mol. The zero-order chi connectivity index (χ0) is 12.4. The first-order valence-corrected chi connectivity index (χ1v) is 6.25. The zero-order valence-electron chi connectivity index (χ0n) is 10.5. The maximum absolute atomic E-state index is 12.2. The van der Waals surface area contributed by atoms with Crippen molar-refractivity contribution in [3.8, 4) is 0 Å². The fourth-order valence-electron chi connectivity index (χ4n) is 2.34. The molecule has 17 heavy (non-hydrogen) atoms. The molecule has 2 unspecified atom stereocenters. The van der Waals surface area contributed by atoms with Gasteiger partial charge in [-0.15, -0.1) is 0 Å². The highest BCUT2D eigenvalue weighted by atomic mass is 16.2. The van der Waals surface area contributed by atoms with E-state index in [0.717, 1.165) is 18.7 Å². The number of carbonyl (C=O) groups excluding carboxylic acids is 1. The molecule has 0 aromatic heterocycles. The number of nitrogens with zero attached hydrogens (tertiary/aromatic N) is 1. The largest absolute Gasteiger partial charge is 0.330 e. The van der Waals surface area contributed by atoms with Crippen molar-refractivity contribution in [1.29, 1.82) is 0 Å². The first kappa shape index (κ1) is 12.1. The lowest BCUT2D eigenvalue weighted by atomic mass is 9.91. The summed E-state index contributed by atoms with van der Waals surface area (Å²) in [7, 11) is 0. The van der Waals surface area contributed by atoms with Crippen LogP contribution >= 0.6 is 0 Å². The second kappa shape index (κ2) is 4.88. The number of rotatable bonds is 2. The number of amides is 1. The van der Waals surface area contributed by atoms with Gasteiger partial charge in [0.25, 0.3) is 0 Å². The summed E-state index contributed by atoms with van der Waals surface area (Å²) in [6.07, 6.45) is 1.03. The highest BCUT2D eigenvalue weighted by Gasteiger charge is 2.28. The molecule has 92 valence electrons. The van der Waals surface area contributed by atoms with Gasteiger partial charge < -0.3 is 10.6 Å². The van der Waals surface area contributed by atoms with Crippen molar-refractivity contribution < 1.29 is 4.79 Å². The van der Waals surface area contributed by atoms with Crippen LogP contribution in [0.25, 0.3) is 0 Å². The van der Waals surface area contributed by atoms with Crippen molar-refractivity contribution in [3.05, 3.63) is 29.8 Å². The fraction of sp³-hybridized carbons (Fsp3) is 0.500. The molecule has 0 fully saturated rings. The van der Waals surface area contributed by atoms with Gasteiger partial charge in [-0.05, 0) is 24.0 Å². The molecular weight excluding hydrogens is 212 g/mol. The predicted octanol–water partition coefficient (Wildman–Crippen LogP) is 2.12. The molecule has 0 spiro atoms. The molecule has 1 aliphatic heterocycles. The summed E-state index contributed by atoms with van der Waals surface area (Å²) in [4.78, 5) is 14.1. The molecule has 1 aromatic carbocycles. The van der Waals surface area contributed by atoms with Crippen LogP contribution in [-0.2, 0) is 4.79 Å².